The van der Waals surface area contributed by atoms with E-state index in [0.717, 1.165) is 68.6 Å². The van der Waals surface area contributed by atoms with E-state index in [0.29, 0.717) is 27.8 Å². The lowest BCUT2D eigenvalue weighted by atomic mass is 9.65. The van der Waals surface area contributed by atoms with Gasteiger partial charge in [0.05, 0.1) is 21.8 Å². The first kappa shape index (κ1) is 31.3. The van der Waals surface area contributed by atoms with Crippen LogP contribution in [0.5, 0.6) is 0 Å². The van der Waals surface area contributed by atoms with Crippen molar-refractivity contribution < 1.29 is 9.47 Å². The molecule has 0 atom stereocenters. The highest BCUT2D eigenvalue weighted by molar-refractivity contribution is 6.36. The largest absolute Gasteiger partial charge is 0.370 e. The average Bonchev–Trinajstić information content (AvgIpc) is 3.49. The number of ether oxygens (including phenoxy) is 2. The summed E-state index contributed by atoms with van der Waals surface area (Å²) in [5.41, 5.74) is 6.01. The van der Waals surface area contributed by atoms with Gasteiger partial charge in [-0.3, -0.25) is 0 Å². The molecule has 44 heavy (non-hydrogen) atoms. The van der Waals surface area contributed by atoms with E-state index in [9.17, 15) is 5.26 Å². The number of aromatic amines is 1. The molecule has 1 N–H and O–H groups in total. The van der Waals surface area contributed by atoms with E-state index in [1.165, 1.54) is 62.9 Å². The number of H-pyrrole nitrogens is 1. The summed E-state index contributed by atoms with van der Waals surface area (Å²) in [4.78, 5) is 8.32. The Morgan fingerprint density at radius 2 is 1.59 bits per heavy atom. The van der Waals surface area contributed by atoms with Gasteiger partial charge >= 0.3 is 0 Å². The van der Waals surface area contributed by atoms with E-state index in [1.54, 1.807) is 6.20 Å². The van der Waals surface area contributed by atoms with Crippen LogP contribution >= 0.6 is 11.6 Å². The van der Waals surface area contributed by atoms with Crippen molar-refractivity contribution in [3.8, 4) is 6.07 Å². The minimum Gasteiger partial charge on any atom is -0.370 e. The van der Waals surface area contributed by atoms with E-state index >= 15 is 0 Å². The van der Waals surface area contributed by atoms with Crippen LogP contribution in [-0.2, 0) is 9.47 Å². The van der Waals surface area contributed by atoms with Gasteiger partial charge in [-0.2, -0.15) is 5.26 Å². The monoisotopic (exact) mass is 616 g/mol. The van der Waals surface area contributed by atoms with E-state index in [4.69, 9.17) is 21.1 Å². The third-order valence-electron chi connectivity index (χ3n) is 10.5. The molecule has 3 heterocycles. The molecule has 0 radical (unpaired) electrons. The van der Waals surface area contributed by atoms with Crippen molar-refractivity contribution in [2.45, 2.75) is 90.3 Å². The molecule has 1 aromatic heterocycles. The number of anilines is 2. The smallest absolute Gasteiger partial charge is 0.160 e. The number of benzene rings is 2. The van der Waals surface area contributed by atoms with Crippen LogP contribution in [0.2, 0.25) is 5.02 Å². The number of unbranched alkanes of at least 4 members (excludes halogenated alkanes) is 2. The molecule has 3 fully saturated rings. The summed E-state index contributed by atoms with van der Waals surface area (Å²) in [6.45, 7) is 10.4. The molecule has 0 unspecified atom stereocenters. The summed E-state index contributed by atoms with van der Waals surface area (Å²) in [6, 6.07) is 15.7. The van der Waals surface area contributed by atoms with Crippen LogP contribution in [0.1, 0.15) is 95.1 Å². The molecule has 7 heteroatoms. The first-order valence-electron chi connectivity index (χ1n) is 17.1. The van der Waals surface area contributed by atoms with Crippen molar-refractivity contribution in [3.05, 3.63) is 58.7 Å². The zero-order valence-corrected chi connectivity index (χ0v) is 27.4. The highest BCUT2D eigenvalue weighted by atomic mass is 35.5. The molecular weight excluding hydrogens is 568 g/mol. The number of aromatic nitrogens is 1. The number of nitrogens with one attached hydrogen (secondary N) is 1. The molecule has 3 aliphatic rings. The molecule has 236 valence electrons. The van der Waals surface area contributed by atoms with E-state index in [-0.39, 0.29) is 6.29 Å². The molecule has 6 rings (SSSR count). The van der Waals surface area contributed by atoms with Gasteiger partial charge in [0.2, 0.25) is 0 Å². The molecule has 0 bridgehead atoms. The molecule has 2 saturated heterocycles. The van der Waals surface area contributed by atoms with E-state index in [2.05, 4.69) is 65.0 Å². The Morgan fingerprint density at radius 3 is 2.20 bits per heavy atom. The zero-order chi connectivity index (χ0) is 30.5. The molecule has 1 spiro atoms. The minimum atomic E-state index is -0.0156. The minimum absolute atomic E-state index is 0.0156. The van der Waals surface area contributed by atoms with Gasteiger partial charge in [-0.05, 0) is 87.1 Å². The Hall–Kier alpha value is -2.72. The highest BCUT2D eigenvalue weighted by Crippen LogP contribution is 2.48. The second-order valence-electron chi connectivity index (χ2n) is 13.5. The zero-order valence-electron chi connectivity index (χ0n) is 26.6. The Balaban J connectivity index is 0.989. The predicted molar refractivity (Wildman–Crippen MR) is 181 cm³/mol. The van der Waals surface area contributed by atoms with Crippen molar-refractivity contribution in [1.29, 1.82) is 5.26 Å². The fraction of sp³-hybridized carbons (Fsp3) is 0.595. The van der Waals surface area contributed by atoms with Gasteiger partial charge in [-0.15, -0.1) is 0 Å². The number of nitrogens with zero attached hydrogens (tertiary/aromatic N) is 3. The Bertz CT molecular complexity index is 1400. The highest BCUT2D eigenvalue weighted by Gasteiger charge is 2.46. The molecule has 0 amide bonds. The maximum absolute atomic E-state index is 9.48. The molecule has 1 aliphatic carbocycles. The van der Waals surface area contributed by atoms with Crippen LogP contribution in [0.3, 0.4) is 0 Å². The maximum atomic E-state index is 9.48. The molecule has 2 aromatic carbocycles. The van der Waals surface area contributed by atoms with Crippen LogP contribution in [0.15, 0.2) is 42.6 Å². The van der Waals surface area contributed by atoms with Crippen LogP contribution < -0.4 is 9.80 Å². The third-order valence-corrected chi connectivity index (χ3v) is 10.9. The van der Waals surface area contributed by atoms with Gasteiger partial charge in [-0.1, -0.05) is 50.4 Å². The molecule has 6 nitrogen and oxygen atoms in total. The lowest BCUT2D eigenvalue weighted by molar-refractivity contribution is -0.183. The molecule has 1 saturated carbocycles. The van der Waals surface area contributed by atoms with Crippen molar-refractivity contribution in [2.24, 2.45) is 11.3 Å². The normalized spacial score (nSPS) is 19.2. The number of fused-ring (bicyclic) bond motifs is 1. The van der Waals surface area contributed by atoms with Gasteiger partial charge < -0.3 is 24.3 Å². The first-order valence-corrected chi connectivity index (χ1v) is 17.4. The summed E-state index contributed by atoms with van der Waals surface area (Å²) < 4.78 is 12.5. The summed E-state index contributed by atoms with van der Waals surface area (Å²) in [5.74, 6) is 1.11. The molecule has 2 aliphatic heterocycles. The SMILES string of the molecule is CCCCOC(OCCCC)C1CCC2(CC1)CN(c1ccc(C3CCN(c4ccc(Cl)c5c(C#N)c[nH]c45)CC3)cc1)C2. The molecule has 3 aromatic rings. The average molecular weight is 617 g/mol. The van der Waals surface area contributed by atoms with Gasteiger partial charge in [0.25, 0.3) is 0 Å². The fourth-order valence-electron chi connectivity index (χ4n) is 7.75. The van der Waals surface area contributed by atoms with Crippen LogP contribution in [0.4, 0.5) is 11.4 Å². The van der Waals surface area contributed by atoms with Crippen LogP contribution in [0, 0.1) is 22.7 Å². The Morgan fingerprint density at radius 1 is 0.932 bits per heavy atom. The maximum Gasteiger partial charge on any atom is 0.160 e. The second kappa shape index (κ2) is 14.1. The lowest BCUT2D eigenvalue weighted by Crippen LogP contribution is -2.58. The van der Waals surface area contributed by atoms with E-state index < -0.39 is 0 Å². The number of nitriles is 1. The summed E-state index contributed by atoms with van der Waals surface area (Å²) in [6.07, 6.45) is 13.6. The number of halogens is 1. The third kappa shape index (κ3) is 6.62. The summed E-state index contributed by atoms with van der Waals surface area (Å²) in [7, 11) is 0. The van der Waals surface area contributed by atoms with Gasteiger partial charge in [0, 0.05) is 68.0 Å². The standard InChI is InChI=1S/C37H49ClN4O2/c1-3-5-21-43-36(44-22-6-4-2)29-13-17-37(18-14-29)25-42(26-37)31-9-7-27(8-10-31)28-15-19-41(20-16-28)33-12-11-32(38)34-30(23-39)24-40-35(33)34/h7-12,24,28-29,36,40H,3-6,13-22,25-26H2,1-2H3. The van der Waals surface area contributed by atoms with Gasteiger partial charge in [-0.25, -0.2) is 0 Å². The quantitative estimate of drug-likeness (QED) is 0.162. The topological polar surface area (TPSA) is 64.5 Å². The van der Waals surface area contributed by atoms with E-state index in [1.807, 2.05) is 6.07 Å². The number of rotatable bonds is 12. The fourth-order valence-corrected chi connectivity index (χ4v) is 8.01. The predicted octanol–water partition coefficient (Wildman–Crippen LogP) is 9.03. The number of hydrogen-bond donors (Lipinski definition) is 1. The lowest BCUT2D eigenvalue weighted by Gasteiger charge is -2.55. The number of piperidine rings is 1. The summed E-state index contributed by atoms with van der Waals surface area (Å²) >= 11 is 6.44. The van der Waals surface area contributed by atoms with Crippen molar-refractivity contribution in [2.75, 3.05) is 49.2 Å². The van der Waals surface area contributed by atoms with Crippen LogP contribution in [0.25, 0.3) is 10.9 Å². The Labute approximate surface area is 268 Å². The van der Waals surface area contributed by atoms with Crippen molar-refractivity contribution in [3.63, 3.8) is 0 Å². The summed E-state index contributed by atoms with van der Waals surface area (Å²) in [5, 5.41) is 10.9. The van der Waals surface area contributed by atoms with Gasteiger partial charge in [0.15, 0.2) is 6.29 Å². The van der Waals surface area contributed by atoms with Crippen molar-refractivity contribution >= 4 is 33.9 Å². The first-order chi connectivity index (χ1) is 21.5. The number of hydrogen-bond acceptors (Lipinski definition) is 5. The second-order valence-corrected chi connectivity index (χ2v) is 13.9. The molecular formula is C37H49ClN4O2. The Kier molecular flexibility index (Phi) is 10.1. The van der Waals surface area contributed by atoms with Gasteiger partial charge in [0.1, 0.15) is 6.07 Å². The van der Waals surface area contributed by atoms with Crippen LogP contribution in [-0.4, -0.2) is 50.7 Å². The van der Waals surface area contributed by atoms with Crippen molar-refractivity contribution in [1.82, 2.24) is 4.98 Å².